The lowest BCUT2D eigenvalue weighted by atomic mass is 10.1. The first-order chi connectivity index (χ1) is 9.46. The van der Waals surface area contributed by atoms with E-state index in [4.69, 9.17) is 0 Å². The highest BCUT2D eigenvalue weighted by atomic mass is 32.2. The van der Waals surface area contributed by atoms with Crippen LogP contribution in [0.2, 0.25) is 0 Å². The number of carbonyl (C=O) groups is 1. The molecule has 1 atom stereocenters. The van der Waals surface area contributed by atoms with Crippen LogP contribution in [0.5, 0.6) is 0 Å². The Hall–Kier alpha value is -1.41. The lowest BCUT2D eigenvalue weighted by Gasteiger charge is -2.24. The number of aryl methyl sites for hydroxylation is 1. The maximum atomic E-state index is 12.6. The van der Waals surface area contributed by atoms with Gasteiger partial charge in [-0.2, -0.15) is 4.31 Å². The van der Waals surface area contributed by atoms with Gasteiger partial charge in [0.1, 0.15) is 6.04 Å². The molecule has 1 aliphatic heterocycles. The smallest absolute Gasteiger partial charge is 0.322 e. The van der Waals surface area contributed by atoms with Crippen LogP contribution < -0.4 is 0 Å². The molecule has 1 aliphatic rings. The second kappa shape index (κ2) is 5.92. The maximum Gasteiger partial charge on any atom is 0.322 e. The Bertz CT molecular complexity index is 581. The molecule has 1 aromatic heterocycles. The number of hydrogen-bond donors (Lipinski definition) is 1. The fourth-order valence-corrected chi connectivity index (χ4v) is 3.97. The minimum Gasteiger partial charge on any atom is -0.480 e. The standard InChI is InChI=1S/C12H19N3O4S/c1-2-14-8-11(13-9-14)20(18,19)15-7-5-3-4-6-10(15)12(16)17/h8-10H,2-7H2,1H3,(H,16,17). The van der Waals surface area contributed by atoms with E-state index in [-0.39, 0.29) is 11.6 Å². The fourth-order valence-electron chi connectivity index (χ4n) is 2.38. The normalized spacial score (nSPS) is 21.6. The van der Waals surface area contributed by atoms with Gasteiger partial charge < -0.3 is 9.67 Å². The Balaban J connectivity index is 2.36. The molecule has 0 aliphatic carbocycles. The molecule has 20 heavy (non-hydrogen) atoms. The van der Waals surface area contributed by atoms with Crippen molar-refractivity contribution in [3.63, 3.8) is 0 Å². The van der Waals surface area contributed by atoms with E-state index in [9.17, 15) is 18.3 Å². The minimum atomic E-state index is -3.85. The summed E-state index contributed by atoms with van der Waals surface area (Å²) in [5, 5.41) is 9.19. The number of hydrogen-bond acceptors (Lipinski definition) is 4. The number of carboxylic acid groups (broad SMARTS) is 1. The molecule has 8 heteroatoms. The van der Waals surface area contributed by atoms with Crippen molar-refractivity contribution < 1.29 is 18.3 Å². The predicted octanol–water partition coefficient (Wildman–Crippen LogP) is 0.921. The first-order valence-corrected chi connectivity index (χ1v) is 8.17. The van der Waals surface area contributed by atoms with Crippen molar-refractivity contribution in [3.05, 3.63) is 12.5 Å². The molecule has 0 bridgehead atoms. The summed E-state index contributed by atoms with van der Waals surface area (Å²) in [6, 6.07) is -0.991. The fraction of sp³-hybridized carbons (Fsp3) is 0.667. The quantitative estimate of drug-likeness (QED) is 0.892. The van der Waals surface area contributed by atoms with Crippen molar-refractivity contribution in [2.75, 3.05) is 6.54 Å². The van der Waals surface area contributed by atoms with E-state index in [0.717, 1.165) is 17.1 Å². The maximum absolute atomic E-state index is 12.6. The highest BCUT2D eigenvalue weighted by molar-refractivity contribution is 7.89. The third-order valence-corrected chi connectivity index (χ3v) is 5.33. The second-order valence-corrected chi connectivity index (χ2v) is 6.70. The first kappa shape index (κ1) is 15.0. The number of carboxylic acids is 1. The average molecular weight is 301 g/mol. The Morgan fingerprint density at radius 2 is 2.20 bits per heavy atom. The second-order valence-electron chi connectivity index (χ2n) is 4.86. The van der Waals surface area contributed by atoms with Crippen molar-refractivity contribution in [2.45, 2.75) is 50.2 Å². The van der Waals surface area contributed by atoms with Crippen molar-refractivity contribution in [1.29, 1.82) is 0 Å². The van der Waals surface area contributed by atoms with Gasteiger partial charge in [0.2, 0.25) is 0 Å². The zero-order chi connectivity index (χ0) is 14.8. The van der Waals surface area contributed by atoms with Gasteiger partial charge >= 0.3 is 5.97 Å². The van der Waals surface area contributed by atoms with Crippen molar-refractivity contribution in [1.82, 2.24) is 13.9 Å². The van der Waals surface area contributed by atoms with E-state index in [0.29, 0.717) is 19.4 Å². The molecule has 1 fully saturated rings. The highest BCUT2D eigenvalue weighted by Gasteiger charge is 2.37. The van der Waals surface area contributed by atoms with Gasteiger partial charge in [-0.1, -0.05) is 12.8 Å². The molecule has 112 valence electrons. The van der Waals surface area contributed by atoms with Gasteiger partial charge in [-0.05, 0) is 19.8 Å². The van der Waals surface area contributed by atoms with Crippen LogP contribution in [-0.4, -0.2) is 45.9 Å². The summed E-state index contributed by atoms with van der Waals surface area (Å²) in [6.07, 6.45) is 5.49. The van der Waals surface area contributed by atoms with Crippen LogP contribution >= 0.6 is 0 Å². The third kappa shape index (κ3) is 2.85. The molecule has 0 amide bonds. The monoisotopic (exact) mass is 301 g/mol. The molecule has 1 saturated heterocycles. The number of nitrogens with zero attached hydrogens (tertiary/aromatic N) is 3. The summed E-state index contributed by atoms with van der Waals surface area (Å²) in [4.78, 5) is 15.2. The van der Waals surface area contributed by atoms with E-state index >= 15 is 0 Å². The summed E-state index contributed by atoms with van der Waals surface area (Å²) in [5.41, 5.74) is 0. The van der Waals surface area contributed by atoms with Gasteiger partial charge in [0.15, 0.2) is 5.03 Å². The van der Waals surface area contributed by atoms with E-state index in [1.807, 2.05) is 6.92 Å². The van der Waals surface area contributed by atoms with Gasteiger partial charge in [0.25, 0.3) is 10.0 Å². The van der Waals surface area contributed by atoms with E-state index < -0.39 is 22.0 Å². The van der Waals surface area contributed by atoms with Crippen molar-refractivity contribution in [2.24, 2.45) is 0 Å². The number of imidazole rings is 1. The van der Waals surface area contributed by atoms with E-state index in [1.165, 1.54) is 12.5 Å². The SMILES string of the molecule is CCn1cnc(S(=O)(=O)N2CCCCCC2C(=O)O)c1. The van der Waals surface area contributed by atoms with Crippen LogP contribution in [0.4, 0.5) is 0 Å². The molecule has 7 nitrogen and oxygen atoms in total. The highest BCUT2D eigenvalue weighted by Crippen LogP contribution is 2.24. The lowest BCUT2D eigenvalue weighted by Crippen LogP contribution is -2.44. The molecule has 1 N–H and O–H groups in total. The van der Waals surface area contributed by atoms with Gasteiger partial charge in [-0.3, -0.25) is 4.79 Å². The summed E-state index contributed by atoms with van der Waals surface area (Å²) in [7, 11) is -3.85. The van der Waals surface area contributed by atoms with Crippen molar-refractivity contribution >= 4 is 16.0 Å². The Kier molecular flexibility index (Phi) is 4.44. The molecular formula is C12H19N3O4S. The van der Waals surface area contributed by atoms with Crippen LogP contribution in [0.1, 0.15) is 32.6 Å². The number of aromatic nitrogens is 2. The Morgan fingerprint density at radius 1 is 1.45 bits per heavy atom. The Labute approximate surface area is 118 Å². The molecule has 2 rings (SSSR count). The van der Waals surface area contributed by atoms with Crippen LogP contribution in [-0.2, 0) is 21.4 Å². The molecule has 0 aromatic carbocycles. The van der Waals surface area contributed by atoms with Gasteiger partial charge in [-0.15, -0.1) is 0 Å². The molecule has 1 aromatic rings. The van der Waals surface area contributed by atoms with Crippen LogP contribution in [0, 0.1) is 0 Å². The first-order valence-electron chi connectivity index (χ1n) is 6.73. The van der Waals surface area contributed by atoms with Gasteiger partial charge in [0.05, 0.1) is 6.33 Å². The minimum absolute atomic E-state index is 0.0764. The van der Waals surface area contributed by atoms with Gasteiger partial charge in [0, 0.05) is 19.3 Å². The van der Waals surface area contributed by atoms with Crippen LogP contribution in [0.25, 0.3) is 0 Å². The van der Waals surface area contributed by atoms with E-state index in [1.54, 1.807) is 4.57 Å². The average Bonchev–Trinajstić information content (AvgIpc) is 2.75. The zero-order valence-corrected chi connectivity index (χ0v) is 12.2. The molecule has 0 radical (unpaired) electrons. The van der Waals surface area contributed by atoms with Gasteiger partial charge in [-0.25, -0.2) is 13.4 Å². The third-order valence-electron chi connectivity index (χ3n) is 3.54. The molecule has 1 unspecified atom stereocenters. The largest absolute Gasteiger partial charge is 0.480 e. The molecule has 2 heterocycles. The van der Waals surface area contributed by atoms with Crippen LogP contribution in [0.15, 0.2) is 17.6 Å². The predicted molar refractivity (Wildman–Crippen MR) is 71.7 cm³/mol. The van der Waals surface area contributed by atoms with E-state index in [2.05, 4.69) is 4.98 Å². The Morgan fingerprint density at radius 3 is 2.80 bits per heavy atom. The lowest BCUT2D eigenvalue weighted by molar-refractivity contribution is -0.141. The molecular weight excluding hydrogens is 282 g/mol. The van der Waals surface area contributed by atoms with Crippen molar-refractivity contribution in [3.8, 4) is 0 Å². The number of sulfonamides is 1. The summed E-state index contributed by atoms with van der Waals surface area (Å²) < 4.78 is 27.9. The molecule has 0 saturated carbocycles. The summed E-state index contributed by atoms with van der Waals surface area (Å²) in [6.45, 7) is 2.73. The van der Waals surface area contributed by atoms with Crippen LogP contribution in [0.3, 0.4) is 0 Å². The molecule has 0 spiro atoms. The summed E-state index contributed by atoms with van der Waals surface area (Å²) >= 11 is 0. The zero-order valence-electron chi connectivity index (χ0n) is 11.4. The summed E-state index contributed by atoms with van der Waals surface area (Å²) in [5.74, 6) is -1.09. The number of rotatable bonds is 4. The number of aliphatic carboxylic acids is 1. The topological polar surface area (TPSA) is 92.5 Å².